The van der Waals surface area contributed by atoms with Crippen LogP contribution < -0.4 is 10.1 Å². The Hall–Kier alpha value is -2.76. The van der Waals surface area contributed by atoms with Crippen molar-refractivity contribution in [2.75, 3.05) is 26.7 Å². The monoisotopic (exact) mass is 397 g/mol. The van der Waals surface area contributed by atoms with E-state index in [9.17, 15) is 9.59 Å². The predicted molar refractivity (Wildman–Crippen MR) is 114 cm³/mol. The fourth-order valence-corrected chi connectivity index (χ4v) is 4.02. The molecule has 2 aromatic rings. The van der Waals surface area contributed by atoms with Crippen LogP contribution >= 0.6 is 0 Å². The van der Waals surface area contributed by atoms with Crippen molar-refractivity contribution in [3.05, 3.63) is 47.3 Å². The van der Waals surface area contributed by atoms with E-state index in [-0.39, 0.29) is 17.7 Å². The molecule has 0 saturated carbocycles. The number of piperidine rings is 1. The van der Waals surface area contributed by atoms with Gasteiger partial charge in [-0.25, -0.2) is 0 Å². The lowest BCUT2D eigenvalue weighted by atomic mass is 9.95. The van der Waals surface area contributed by atoms with Gasteiger partial charge in [0.15, 0.2) is 0 Å². The van der Waals surface area contributed by atoms with E-state index in [1.54, 1.807) is 7.11 Å². The van der Waals surface area contributed by atoms with Gasteiger partial charge in [0.1, 0.15) is 5.75 Å². The molecule has 2 amide bonds. The van der Waals surface area contributed by atoms with Crippen molar-refractivity contribution in [3.8, 4) is 11.4 Å². The molecule has 0 aliphatic carbocycles. The molecule has 1 fully saturated rings. The molecule has 6 nitrogen and oxygen atoms in total. The molecular weight excluding hydrogens is 366 g/mol. The van der Waals surface area contributed by atoms with E-state index in [2.05, 4.69) is 9.88 Å². The van der Waals surface area contributed by atoms with Crippen molar-refractivity contribution >= 4 is 11.8 Å². The smallest absolute Gasteiger partial charge is 0.255 e. The van der Waals surface area contributed by atoms with Gasteiger partial charge < -0.3 is 19.5 Å². The number of likely N-dealkylation sites (tertiary alicyclic amines) is 1. The topological polar surface area (TPSA) is 63.6 Å². The summed E-state index contributed by atoms with van der Waals surface area (Å²) in [6, 6.07) is 9.79. The highest BCUT2D eigenvalue weighted by atomic mass is 16.5. The van der Waals surface area contributed by atoms with E-state index in [1.165, 1.54) is 0 Å². The maximum absolute atomic E-state index is 13.2. The highest BCUT2D eigenvalue weighted by Crippen LogP contribution is 2.25. The zero-order valence-corrected chi connectivity index (χ0v) is 17.8. The van der Waals surface area contributed by atoms with Crippen molar-refractivity contribution in [2.24, 2.45) is 5.92 Å². The number of benzene rings is 1. The quantitative estimate of drug-likeness (QED) is 0.812. The van der Waals surface area contributed by atoms with Gasteiger partial charge in [-0.3, -0.25) is 9.59 Å². The molecule has 156 valence electrons. The van der Waals surface area contributed by atoms with Crippen molar-refractivity contribution in [3.63, 3.8) is 0 Å². The maximum Gasteiger partial charge on any atom is 0.255 e. The molecular formula is C23H31N3O3. The van der Waals surface area contributed by atoms with Gasteiger partial charge in [-0.05, 0) is 63.4 Å². The van der Waals surface area contributed by atoms with Crippen LogP contribution in [0.2, 0.25) is 0 Å². The van der Waals surface area contributed by atoms with E-state index < -0.39 is 0 Å². The second-order valence-electron chi connectivity index (χ2n) is 7.68. The fourth-order valence-electron chi connectivity index (χ4n) is 4.02. The summed E-state index contributed by atoms with van der Waals surface area (Å²) in [7, 11) is 1.65. The first kappa shape index (κ1) is 21.0. The highest BCUT2D eigenvalue weighted by Gasteiger charge is 2.29. The average molecular weight is 398 g/mol. The molecule has 0 atom stereocenters. The van der Waals surface area contributed by atoms with Crippen LogP contribution in [0.4, 0.5) is 0 Å². The normalized spacial score (nSPS) is 14.7. The number of ether oxygens (including phenoxy) is 1. The van der Waals surface area contributed by atoms with Crippen LogP contribution in [0.1, 0.15) is 47.9 Å². The first-order valence-corrected chi connectivity index (χ1v) is 10.4. The summed E-state index contributed by atoms with van der Waals surface area (Å²) in [5.74, 6) is 0.984. The van der Waals surface area contributed by atoms with Crippen LogP contribution in [-0.2, 0) is 4.79 Å². The van der Waals surface area contributed by atoms with Crippen LogP contribution in [0.25, 0.3) is 5.69 Å². The van der Waals surface area contributed by atoms with Crippen molar-refractivity contribution < 1.29 is 14.3 Å². The van der Waals surface area contributed by atoms with Gasteiger partial charge in [-0.1, -0.05) is 6.92 Å². The molecule has 1 aromatic carbocycles. The Kier molecular flexibility index (Phi) is 6.62. The number of rotatable bonds is 6. The summed E-state index contributed by atoms with van der Waals surface area (Å²) in [5.41, 5.74) is 3.68. The minimum Gasteiger partial charge on any atom is -0.497 e. The summed E-state index contributed by atoms with van der Waals surface area (Å²) < 4.78 is 7.33. The van der Waals surface area contributed by atoms with Crippen LogP contribution in [0.15, 0.2) is 30.3 Å². The van der Waals surface area contributed by atoms with Gasteiger partial charge in [0, 0.05) is 42.6 Å². The molecule has 2 heterocycles. The van der Waals surface area contributed by atoms with Crippen LogP contribution in [0.3, 0.4) is 0 Å². The minimum atomic E-state index is 0.0114. The van der Waals surface area contributed by atoms with Gasteiger partial charge in [0.05, 0.1) is 12.7 Å². The SMILES string of the molecule is CCCNC(=O)C1CCN(C(=O)c2cc(C)n(-c3ccc(OC)cc3)c2C)CC1. The number of hydrogen-bond acceptors (Lipinski definition) is 3. The Morgan fingerprint density at radius 1 is 1.14 bits per heavy atom. The van der Waals surface area contributed by atoms with Crippen LogP contribution in [0, 0.1) is 19.8 Å². The number of hydrogen-bond donors (Lipinski definition) is 1. The van der Waals surface area contributed by atoms with Crippen LogP contribution in [0.5, 0.6) is 5.75 Å². The zero-order chi connectivity index (χ0) is 21.0. The number of carbonyl (C=O) groups is 2. The molecule has 29 heavy (non-hydrogen) atoms. The minimum absolute atomic E-state index is 0.0114. The molecule has 0 spiro atoms. The molecule has 0 radical (unpaired) electrons. The third-order valence-corrected chi connectivity index (χ3v) is 5.69. The Morgan fingerprint density at radius 2 is 1.79 bits per heavy atom. The predicted octanol–water partition coefficient (Wildman–Crippen LogP) is 3.48. The van der Waals surface area contributed by atoms with Gasteiger partial charge >= 0.3 is 0 Å². The number of nitrogens with zero attached hydrogens (tertiary/aromatic N) is 2. The number of nitrogens with one attached hydrogen (secondary N) is 1. The molecule has 3 rings (SSSR count). The Balaban J connectivity index is 1.71. The van der Waals surface area contributed by atoms with E-state index in [0.29, 0.717) is 13.1 Å². The number of carbonyl (C=O) groups excluding carboxylic acids is 2. The standard InChI is InChI=1S/C23H31N3O3/c1-5-12-24-22(27)18-10-13-25(14-11-18)23(28)21-15-16(2)26(17(21)3)19-6-8-20(29-4)9-7-19/h6-9,15,18H,5,10-14H2,1-4H3,(H,24,27). The molecule has 0 bridgehead atoms. The molecule has 0 unspecified atom stereocenters. The summed E-state index contributed by atoms with van der Waals surface area (Å²) in [6.45, 7) is 8.00. The van der Waals surface area contributed by atoms with Crippen LogP contribution in [-0.4, -0.2) is 48.0 Å². The van der Waals surface area contributed by atoms with E-state index in [4.69, 9.17) is 4.74 Å². The average Bonchev–Trinajstić information content (AvgIpc) is 3.05. The number of amides is 2. The van der Waals surface area contributed by atoms with E-state index in [1.807, 2.05) is 56.0 Å². The molecule has 6 heteroatoms. The van der Waals surface area contributed by atoms with E-state index >= 15 is 0 Å². The molecule has 1 aliphatic rings. The van der Waals surface area contributed by atoms with Crippen molar-refractivity contribution in [1.82, 2.24) is 14.8 Å². The number of aromatic nitrogens is 1. The third-order valence-electron chi connectivity index (χ3n) is 5.69. The summed E-state index contributed by atoms with van der Waals surface area (Å²) in [5, 5.41) is 2.97. The van der Waals surface area contributed by atoms with Gasteiger partial charge in [0.2, 0.25) is 5.91 Å². The molecule has 1 aromatic heterocycles. The van der Waals surface area contributed by atoms with Gasteiger partial charge in [-0.15, -0.1) is 0 Å². The Labute approximate surface area is 172 Å². The zero-order valence-electron chi connectivity index (χ0n) is 17.8. The lowest BCUT2D eigenvalue weighted by Crippen LogP contribution is -2.43. The summed E-state index contributed by atoms with van der Waals surface area (Å²) >= 11 is 0. The summed E-state index contributed by atoms with van der Waals surface area (Å²) in [4.78, 5) is 27.2. The first-order chi connectivity index (χ1) is 14.0. The van der Waals surface area contributed by atoms with Crippen molar-refractivity contribution in [2.45, 2.75) is 40.0 Å². The molecule has 1 N–H and O–H groups in total. The maximum atomic E-state index is 13.2. The lowest BCUT2D eigenvalue weighted by molar-refractivity contribution is -0.126. The lowest BCUT2D eigenvalue weighted by Gasteiger charge is -2.31. The van der Waals surface area contributed by atoms with E-state index in [0.717, 1.165) is 54.2 Å². The Morgan fingerprint density at radius 3 is 2.38 bits per heavy atom. The Bertz CT molecular complexity index is 862. The van der Waals surface area contributed by atoms with Gasteiger partial charge in [-0.2, -0.15) is 0 Å². The third kappa shape index (κ3) is 4.47. The fraction of sp³-hybridized carbons (Fsp3) is 0.478. The molecule has 1 aliphatic heterocycles. The second-order valence-corrected chi connectivity index (χ2v) is 7.68. The second kappa shape index (κ2) is 9.16. The highest BCUT2D eigenvalue weighted by molar-refractivity contribution is 5.96. The number of aryl methyl sites for hydroxylation is 1. The largest absolute Gasteiger partial charge is 0.497 e. The first-order valence-electron chi connectivity index (χ1n) is 10.4. The van der Waals surface area contributed by atoms with Gasteiger partial charge in [0.25, 0.3) is 5.91 Å². The summed E-state index contributed by atoms with van der Waals surface area (Å²) in [6.07, 6.45) is 2.38. The number of methoxy groups -OCH3 is 1. The van der Waals surface area contributed by atoms with Crippen molar-refractivity contribution in [1.29, 1.82) is 0 Å². The molecule has 1 saturated heterocycles.